The summed E-state index contributed by atoms with van der Waals surface area (Å²) in [5.41, 5.74) is 2.09. The first-order chi connectivity index (χ1) is 10.2. The molecule has 2 rings (SSSR count). The number of rotatable bonds is 7. The van der Waals surface area contributed by atoms with E-state index in [-0.39, 0.29) is 5.82 Å². The first-order valence-corrected chi connectivity index (χ1v) is 8.22. The van der Waals surface area contributed by atoms with E-state index in [4.69, 9.17) is 0 Å². The summed E-state index contributed by atoms with van der Waals surface area (Å²) in [6.07, 6.45) is 2.74. The molecule has 0 aromatic heterocycles. The fraction of sp³-hybridized carbons (Fsp3) is 0.333. The van der Waals surface area contributed by atoms with Crippen molar-refractivity contribution < 1.29 is 4.39 Å². The van der Waals surface area contributed by atoms with Crippen LogP contribution in [0.25, 0.3) is 0 Å². The van der Waals surface area contributed by atoms with Crippen molar-refractivity contribution >= 4 is 15.9 Å². The Balaban J connectivity index is 1.93. The minimum Gasteiger partial charge on any atom is -0.310 e. The Bertz CT molecular complexity index is 556. The van der Waals surface area contributed by atoms with Crippen LogP contribution < -0.4 is 5.32 Å². The highest BCUT2D eigenvalue weighted by atomic mass is 79.9. The van der Waals surface area contributed by atoms with Gasteiger partial charge >= 0.3 is 0 Å². The number of hydrogen-bond acceptors (Lipinski definition) is 1. The van der Waals surface area contributed by atoms with E-state index >= 15 is 0 Å². The molecule has 0 aliphatic carbocycles. The van der Waals surface area contributed by atoms with E-state index in [0.29, 0.717) is 6.04 Å². The molecule has 0 saturated heterocycles. The summed E-state index contributed by atoms with van der Waals surface area (Å²) < 4.78 is 14.6. The van der Waals surface area contributed by atoms with Crippen molar-refractivity contribution in [1.82, 2.24) is 5.32 Å². The van der Waals surface area contributed by atoms with Crippen molar-refractivity contribution in [3.63, 3.8) is 0 Å². The lowest BCUT2D eigenvalue weighted by atomic mass is 9.99. The molecular weight excluding hydrogens is 329 g/mol. The molecule has 0 radical (unpaired) electrons. The molecule has 0 amide bonds. The molecule has 1 nitrogen and oxygen atoms in total. The van der Waals surface area contributed by atoms with E-state index in [2.05, 4.69) is 52.4 Å². The van der Waals surface area contributed by atoms with Crippen molar-refractivity contribution in [3.8, 4) is 0 Å². The van der Waals surface area contributed by atoms with Gasteiger partial charge in [-0.3, -0.25) is 0 Å². The second-order valence-corrected chi connectivity index (χ2v) is 6.06. The van der Waals surface area contributed by atoms with Gasteiger partial charge in [0.15, 0.2) is 0 Å². The predicted molar refractivity (Wildman–Crippen MR) is 89.9 cm³/mol. The van der Waals surface area contributed by atoms with Crippen LogP contribution in [0.2, 0.25) is 0 Å². The van der Waals surface area contributed by atoms with Gasteiger partial charge in [-0.2, -0.15) is 0 Å². The van der Waals surface area contributed by atoms with Gasteiger partial charge in [0.05, 0.1) is 0 Å². The zero-order valence-electron chi connectivity index (χ0n) is 12.3. The Morgan fingerprint density at radius 2 is 1.90 bits per heavy atom. The smallest absolute Gasteiger partial charge is 0.127 e. The largest absolute Gasteiger partial charge is 0.310 e. The standard InChI is InChI=1S/C18H21BrFN/c1-2-21-18(15-7-4-3-5-8-15)10-6-9-14-11-12-16(19)13-17(14)20/h3-5,7-8,11-13,18,21H,2,6,9-10H2,1H3. The van der Waals surface area contributed by atoms with Crippen LogP contribution in [0.15, 0.2) is 53.0 Å². The molecule has 2 aromatic rings. The van der Waals surface area contributed by atoms with E-state index in [1.54, 1.807) is 0 Å². The van der Waals surface area contributed by atoms with E-state index in [1.165, 1.54) is 11.6 Å². The second kappa shape index (κ2) is 8.30. The van der Waals surface area contributed by atoms with Crippen molar-refractivity contribution in [2.45, 2.75) is 32.2 Å². The molecule has 0 aliphatic rings. The maximum absolute atomic E-state index is 13.8. The summed E-state index contributed by atoms with van der Waals surface area (Å²) in [6.45, 7) is 3.05. The van der Waals surface area contributed by atoms with Crippen LogP contribution in [-0.4, -0.2) is 6.54 Å². The zero-order chi connectivity index (χ0) is 15.1. The molecule has 0 bridgehead atoms. The maximum Gasteiger partial charge on any atom is 0.127 e. The summed E-state index contributed by atoms with van der Waals surface area (Å²) in [4.78, 5) is 0. The van der Waals surface area contributed by atoms with Crippen LogP contribution in [0.1, 0.15) is 36.9 Å². The molecule has 0 saturated carbocycles. The minimum absolute atomic E-state index is 0.121. The SMILES string of the molecule is CCNC(CCCc1ccc(Br)cc1F)c1ccccc1. The predicted octanol–water partition coefficient (Wildman–Crippen LogP) is 5.26. The van der Waals surface area contributed by atoms with Crippen LogP contribution in [0.3, 0.4) is 0 Å². The summed E-state index contributed by atoms with van der Waals surface area (Å²) >= 11 is 3.29. The average molecular weight is 350 g/mol. The van der Waals surface area contributed by atoms with E-state index < -0.39 is 0 Å². The normalized spacial score (nSPS) is 12.3. The van der Waals surface area contributed by atoms with Crippen LogP contribution in [-0.2, 0) is 6.42 Å². The summed E-state index contributed by atoms with van der Waals surface area (Å²) in [7, 11) is 0. The van der Waals surface area contributed by atoms with E-state index in [1.807, 2.05) is 18.2 Å². The Morgan fingerprint density at radius 1 is 1.14 bits per heavy atom. The van der Waals surface area contributed by atoms with Crippen LogP contribution >= 0.6 is 15.9 Å². The fourth-order valence-corrected chi connectivity index (χ4v) is 2.87. The van der Waals surface area contributed by atoms with E-state index in [9.17, 15) is 4.39 Å². The highest BCUT2D eigenvalue weighted by molar-refractivity contribution is 9.10. The van der Waals surface area contributed by atoms with Crippen molar-refractivity contribution in [1.29, 1.82) is 0 Å². The number of aryl methyl sites for hydroxylation is 1. The Morgan fingerprint density at radius 3 is 2.57 bits per heavy atom. The summed E-state index contributed by atoms with van der Waals surface area (Å²) in [5.74, 6) is -0.121. The lowest BCUT2D eigenvalue weighted by Crippen LogP contribution is -2.21. The van der Waals surface area contributed by atoms with Crippen molar-refractivity contribution in [3.05, 3.63) is 69.9 Å². The maximum atomic E-state index is 13.8. The van der Waals surface area contributed by atoms with Gasteiger partial charge in [0, 0.05) is 10.5 Å². The third-order valence-electron chi connectivity index (χ3n) is 3.61. The first-order valence-electron chi connectivity index (χ1n) is 7.43. The highest BCUT2D eigenvalue weighted by Gasteiger charge is 2.10. The van der Waals surface area contributed by atoms with E-state index in [0.717, 1.165) is 35.8 Å². The molecular formula is C18H21BrFN. The number of benzene rings is 2. The number of hydrogen-bond donors (Lipinski definition) is 1. The third-order valence-corrected chi connectivity index (χ3v) is 4.10. The van der Waals surface area contributed by atoms with Gasteiger partial charge in [0.25, 0.3) is 0 Å². The van der Waals surface area contributed by atoms with Crippen molar-refractivity contribution in [2.24, 2.45) is 0 Å². The van der Waals surface area contributed by atoms with Crippen LogP contribution in [0.4, 0.5) is 4.39 Å². The number of halogens is 2. The monoisotopic (exact) mass is 349 g/mol. The topological polar surface area (TPSA) is 12.0 Å². The molecule has 1 unspecified atom stereocenters. The molecule has 3 heteroatoms. The zero-order valence-corrected chi connectivity index (χ0v) is 13.9. The first kappa shape index (κ1) is 16.2. The Hall–Kier alpha value is -1.19. The third kappa shape index (κ3) is 4.94. The van der Waals surface area contributed by atoms with Gasteiger partial charge in [0.2, 0.25) is 0 Å². The van der Waals surface area contributed by atoms with Gasteiger partial charge in [-0.25, -0.2) is 4.39 Å². The molecule has 112 valence electrons. The van der Waals surface area contributed by atoms with Gasteiger partial charge in [-0.15, -0.1) is 0 Å². The highest BCUT2D eigenvalue weighted by Crippen LogP contribution is 2.21. The molecule has 21 heavy (non-hydrogen) atoms. The van der Waals surface area contributed by atoms with Crippen LogP contribution in [0, 0.1) is 5.82 Å². The molecule has 1 N–H and O–H groups in total. The van der Waals surface area contributed by atoms with Gasteiger partial charge < -0.3 is 5.32 Å². The van der Waals surface area contributed by atoms with Crippen LogP contribution in [0.5, 0.6) is 0 Å². The lowest BCUT2D eigenvalue weighted by Gasteiger charge is -2.18. The van der Waals surface area contributed by atoms with Crippen molar-refractivity contribution in [2.75, 3.05) is 6.54 Å². The molecule has 0 fully saturated rings. The number of nitrogens with one attached hydrogen (secondary N) is 1. The average Bonchev–Trinajstić information content (AvgIpc) is 2.49. The van der Waals surface area contributed by atoms with Gasteiger partial charge in [-0.1, -0.05) is 59.3 Å². The fourth-order valence-electron chi connectivity index (χ4n) is 2.54. The minimum atomic E-state index is -0.121. The molecule has 2 aromatic carbocycles. The molecule has 0 heterocycles. The molecule has 0 aliphatic heterocycles. The molecule has 0 spiro atoms. The Kier molecular flexibility index (Phi) is 6.40. The van der Waals surface area contributed by atoms with Gasteiger partial charge in [-0.05, 0) is 49.1 Å². The second-order valence-electron chi connectivity index (χ2n) is 5.15. The van der Waals surface area contributed by atoms with Gasteiger partial charge in [0.1, 0.15) is 5.82 Å². The lowest BCUT2D eigenvalue weighted by molar-refractivity contribution is 0.494. The Labute approximate surface area is 134 Å². The summed E-state index contributed by atoms with van der Waals surface area (Å²) in [5, 5.41) is 3.51. The summed E-state index contributed by atoms with van der Waals surface area (Å²) in [6, 6.07) is 16.1. The molecule has 1 atom stereocenters. The quantitative estimate of drug-likeness (QED) is 0.718.